The van der Waals surface area contributed by atoms with Crippen LogP contribution in [-0.4, -0.2) is 10.1 Å². The third-order valence-corrected chi connectivity index (χ3v) is 1.44. The number of nitrogens with zero attached hydrogens (tertiary/aromatic N) is 2. The third kappa shape index (κ3) is 1.73. The van der Waals surface area contributed by atoms with E-state index in [1.807, 2.05) is 0 Å². The average Bonchev–Trinajstić information content (AvgIpc) is 2.47. The summed E-state index contributed by atoms with van der Waals surface area (Å²) in [6.45, 7) is 5.35. The number of hydrogen-bond acceptors (Lipinski definition) is 3. The van der Waals surface area contributed by atoms with E-state index in [2.05, 4.69) is 22.6 Å². The highest BCUT2D eigenvalue weighted by Gasteiger charge is 2.13. The molecule has 0 saturated heterocycles. The van der Waals surface area contributed by atoms with E-state index < -0.39 is 0 Å². The molecule has 0 radical (unpaired) electrons. The van der Waals surface area contributed by atoms with Crippen molar-refractivity contribution in [2.24, 2.45) is 0 Å². The predicted molar refractivity (Wildman–Crippen MR) is 45.4 cm³/mol. The van der Waals surface area contributed by atoms with Crippen molar-refractivity contribution in [3.8, 4) is 12.3 Å². The topological polar surface area (TPSA) is 38.9 Å². The smallest absolute Gasteiger partial charge is 0.242 e. The zero-order valence-electron chi connectivity index (χ0n) is 6.95. The molecule has 3 heteroatoms. The maximum Gasteiger partial charge on any atom is 0.242 e. The SMILES string of the molecule is C#CC(CC=C)c1nc(C)no1. The lowest BCUT2D eigenvalue weighted by molar-refractivity contribution is 0.367. The van der Waals surface area contributed by atoms with E-state index in [1.165, 1.54) is 0 Å². The molecular formula is C9H10N2O. The Labute approximate surface area is 71.5 Å². The van der Waals surface area contributed by atoms with Gasteiger partial charge in [0, 0.05) is 0 Å². The second-order valence-electron chi connectivity index (χ2n) is 2.42. The summed E-state index contributed by atoms with van der Waals surface area (Å²) in [5.74, 6) is 3.53. The summed E-state index contributed by atoms with van der Waals surface area (Å²) in [4.78, 5) is 4.03. The van der Waals surface area contributed by atoms with E-state index in [0.29, 0.717) is 18.1 Å². The van der Waals surface area contributed by atoms with Crippen LogP contribution in [0, 0.1) is 19.3 Å². The first kappa shape index (κ1) is 8.54. The third-order valence-electron chi connectivity index (χ3n) is 1.44. The summed E-state index contributed by atoms with van der Waals surface area (Å²) >= 11 is 0. The molecule has 0 aliphatic carbocycles. The first-order chi connectivity index (χ1) is 5.77. The van der Waals surface area contributed by atoms with Gasteiger partial charge < -0.3 is 4.52 Å². The summed E-state index contributed by atoms with van der Waals surface area (Å²) in [6, 6.07) is 0. The van der Waals surface area contributed by atoms with E-state index in [9.17, 15) is 0 Å². The van der Waals surface area contributed by atoms with Gasteiger partial charge in [0.15, 0.2) is 5.82 Å². The van der Waals surface area contributed by atoms with Crippen LogP contribution in [0.3, 0.4) is 0 Å². The van der Waals surface area contributed by atoms with Gasteiger partial charge in [-0.2, -0.15) is 4.98 Å². The van der Waals surface area contributed by atoms with Gasteiger partial charge in [-0.3, -0.25) is 0 Å². The Balaban J connectivity index is 2.81. The van der Waals surface area contributed by atoms with Gasteiger partial charge in [0.05, 0.1) is 0 Å². The number of aryl methyl sites for hydroxylation is 1. The Morgan fingerprint density at radius 2 is 2.58 bits per heavy atom. The van der Waals surface area contributed by atoms with Crippen LogP contribution in [0.5, 0.6) is 0 Å². The normalized spacial score (nSPS) is 12.0. The minimum Gasteiger partial charge on any atom is -0.338 e. The monoisotopic (exact) mass is 162 g/mol. The van der Waals surface area contributed by atoms with Crippen LogP contribution in [0.1, 0.15) is 24.1 Å². The molecule has 1 unspecified atom stereocenters. The van der Waals surface area contributed by atoms with Crippen molar-refractivity contribution in [2.45, 2.75) is 19.3 Å². The largest absolute Gasteiger partial charge is 0.338 e. The van der Waals surface area contributed by atoms with Gasteiger partial charge in [0.2, 0.25) is 5.89 Å². The minimum absolute atomic E-state index is 0.135. The fourth-order valence-corrected chi connectivity index (χ4v) is 0.861. The lowest BCUT2D eigenvalue weighted by atomic mass is 10.1. The molecule has 1 aromatic rings. The molecule has 1 aromatic heterocycles. The molecule has 1 rings (SSSR count). The molecule has 0 N–H and O–H groups in total. The van der Waals surface area contributed by atoms with Gasteiger partial charge in [-0.25, -0.2) is 0 Å². The first-order valence-corrected chi connectivity index (χ1v) is 3.65. The van der Waals surface area contributed by atoms with Crippen molar-refractivity contribution >= 4 is 0 Å². The molecule has 62 valence electrons. The molecule has 0 bridgehead atoms. The molecule has 1 atom stereocenters. The quantitative estimate of drug-likeness (QED) is 0.501. The molecule has 0 fully saturated rings. The second-order valence-corrected chi connectivity index (χ2v) is 2.42. The van der Waals surface area contributed by atoms with Crippen LogP contribution in [0.4, 0.5) is 0 Å². The van der Waals surface area contributed by atoms with Crippen molar-refractivity contribution < 1.29 is 4.52 Å². The fourth-order valence-electron chi connectivity index (χ4n) is 0.861. The van der Waals surface area contributed by atoms with Gasteiger partial charge in [-0.1, -0.05) is 17.2 Å². The Hall–Kier alpha value is -1.56. The summed E-state index contributed by atoms with van der Waals surface area (Å²) < 4.78 is 4.92. The Morgan fingerprint density at radius 3 is 3.00 bits per heavy atom. The summed E-state index contributed by atoms with van der Waals surface area (Å²) in [5, 5.41) is 3.65. The maximum absolute atomic E-state index is 5.27. The zero-order valence-corrected chi connectivity index (χ0v) is 6.95. The lowest BCUT2D eigenvalue weighted by Crippen LogP contribution is -1.93. The van der Waals surface area contributed by atoms with E-state index in [0.717, 1.165) is 0 Å². The van der Waals surface area contributed by atoms with Gasteiger partial charge >= 0.3 is 0 Å². The lowest BCUT2D eigenvalue weighted by Gasteiger charge is -1.98. The van der Waals surface area contributed by atoms with Crippen LogP contribution >= 0.6 is 0 Å². The van der Waals surface area contributed by atoms with Crippen molar-refractivity contribution in [1.29, 1.82) is 0 Å². The Morgan fingerprint density at radius 1 is 1.83 bits per heavy atom. The fraction of sp³-hybridized carbons (Fsp3) is 0.333. The zero-order chi connectivity index (χ0) is 8.97. The van der Waals surface area contributed by atoms with Crippen LogP contribution in [0.15, 0.2) is 17.2 Å². The highest BCUT2D eigenvalue weighted by Crippen LogP contribution is 2.16. The van der Waals surface area contributed by atoms with Crippen LogP contribution in [-0.2, 0) is 0 Å². The molecule has 0 spiro atoms. The Bertz CT molecular complexity index is 309. The van der Waals surface area contributed by atoms with Crippen molar-refractivity contribution in [1.82, 2.24) is 10.1 Å². The van der Waals surface area contributed by atoms with Gasteiger partial charge in [0.25, 0.3) is 0 Å². The summed E-state index contributed by atoms with van der Waals surface area (Å²) in [5.41, 5.74) is 0. The maximum atomic E-state index is 5.27. The molecule has 12 heavy (non-hydrogen) atoms. The standard InChI is InChI=1S/C9H10N2O/c1-4-6-8(5-2)9-10-7(3)11-12-9/h2,4,8H,1,6H2,3H3. The number of terminal acetylenes is 1. The number of allylic oxidation sites excluding steroid dienone is 1. The number of hydrogen-bond donors (Lipinski definition) is 0. The molecule has 0 aliphatic heterocycles. The van der Waals surface area contributed by atoms with Gasteiger partial charge in [-0.05, 0) is 13.3 Å². The van der Waals surface area contributed by atoms with Crippen LogP contribution < -0.4 is 0 Å². The Kier molecular flexibility index (Phi) is 2.65. The molecule has 0 aliphatic rings. The van der Waals surface area contributed by atoms with Crippen LogP contribution in [0.25, 0.3) is 0 Å². The van der Waals surface area contributed by atoms with Gasteiger partial charge in [-0.15, -0.1) is 13.0 Å². The van der Waals surface area contributed by atoms with E-state index in [-0.39, 0.29) is 5.92 Å². The molecular weight excluding hydrogens is 152 g/mol. The number of aromatic nitrogens is 2. The summed E-state index contributed by atoms with van der Waals surface area (Å²) in [7, 11) is 0. The molecule has 3 nitrogen and oxygen atoms in total. The number of rotatable bonds is 3. The van der Waals surface area contributed by atoms with E-state index in [4.69, 9.17) is 10.9 Å². The molecule has 1 heterocycles. The summed E-state index contributed by atoms with van der Waals surface area (Å²) in [6.07, 6.45) is 7.68. The molecule has 0 amide bonds. The van der Waals surface area contributed by atoms with Crippen LogP contribution in [0.2, 0.25) is 0 Å². The molecule has 0 aromatic carbocycles. The van der Waals surface area contributed by atoms with Crippen molar-refractivity contribution in [3.63, 3.8) is 0 Å². The van der Waals surface area contributed by atoms with Crippen molar-refractivity contribution in [3.05, 3.63) is 24.4 Å². The first-order valence-electron chi connectivity index (χ1n) is 3.65. The van der Waals surface area contributed by atoms with Crippen molar-refractivity contribution in [2.75, 3.05) is 0 Å². The highest BCUT2D eigenvalue weighted by atomic mass is 16.5. The average molecular weight is 162 g/mol. The predicted octanol–water partition coefficient (Wildman–Crippen LogP) is 1.67. The van der Waals surface area contributed by atoms with E-state index in [1.54, 1.807) is 13.0 Å². The van der Waals surface area contributed by atoms with Gasteiger partial charge in [0.1, 0.15) is 5.92 Å². The van der Waals surface area contributed by atoms with E-state index >= 15 is 0 Å². The highest BCUT2D eigenvalue weighted by molar-refractivity contribution is 5.11. The second kappa shape index (κ2) is 3.72. The minimum atomic E-state index is -0.135. The molecule has 0 saturated carbocycles.